The smallest absolute Gasteiger partial charge is 0.191 e. The van der Waals surface area contributed by atoms with Crippen LogP contribution in [0.3, 0.4) is 0 Å². The highest BCUT2D eigenvalue weighted by Gasteiger charge is 2.05. The third-order valence-electron chi connectivity index (χ3n) is 4.38. The molecule has 0 radical (unpaired) electrons. The van der Waals surface area contributed by atoms with Crippen LogP contribution in [-0.2, 0) is 19.6 Å². The van der Waals surface area contributed by atoms with Crippen molar-refractivity contribution in [1.82, 2.24) is 20.4 Å². The molecular weight excluding hydrogens is 350 g/mol. The van der Waals surface area contributed by atoms with E-state index in [0.717, 1.165) is 30.4 Å². The number of guanidine groups is 1. The molecule has 0 spiro atoms. The summed E-state index contributed by atoms with van der Waals surface area (Å²) < 4.78 is 7.14. The fraction of sp³-hybridized carbons (Fsp3) is 0.273. The molecule has 0 unspecified atom stereocenters. The third kappa shape index (κ3) is 5.61. The van der Waals surface area contributed by atoms with Gasteiger partial charge in [0.1, 0.15) is 5.75 Å². The Labute approximate surface area is 166 Å². The number of nitrogens with zero attached hydrogens (tertiary/aromatic N) is 3. The van der Waals surface area contributed by atoms with E-state index in [0.29, 0.717) is 13.1 Å². The average Bonchev–Trinajstić information content (AvgIpc) is 3.24. The summed E-state index contributed by atoms with van der Waals surface area (Å²) in [7, 11) is 1.67. The Morgan fingerprint density at radius 3 is 2.50 bits per heavy atom. The van der Waals surface area contributed by atoms with E-state index in [1.165, 1.54) is 11.1 Å². The Morgan fingerprint density at radius 1 is 1.04 bits per heavy atom. The van der Waals surface area contributed by atoms with E-state index in [2.05, 4.69) is 46.9 Å². The van der Waals surface area contributed by atoms with Gasteiger partial charge in [-0.2, -0.15) is 5.10 Å². The zero-order valence-electron chi connectivity index (χ0n) is 16.4. The Bertz CT molecular complexity index is 872. The summed E-state index contributed by atoms with van der Waals surface area (Å²) in [5.41, 5.74) is 3.61. The maximum atomic E-state index is 5.20. The number of nitrogens with one attached hydrogen (secondary N) is 2. The fourth-order valence-corrected chi connectivity index (χ4v) is 2.87. The van der Waals surface area contributed by atoms with E-state index in [1.807, 2.05) is 41.2 Å². The first-order chi connectivity index (χ1) is 13.8. The Kier molecular flexibility index (Phi) is 7.07. The summed E-state index contributed by atoms with van der Waals surface area (Å²) in [6, 6.07) is 18.3. The van der Waals surface area contributed by atoms with E-state index in [9.17, 15) is 0 Å². The molecule has 146 valence electrons. The predicted molar refractivity (Wildman–Crippen MR) is 112 cm³/mol. The summed E-state index contributed by atoms with van der Waals surface area (Å²) in [5.74, 6) is 1.65. The van der Waals surface area contributed by atoms with Gasteiger partial charge >= 0.3 is 0 Å². The Morgan fingerprint density at radius 2 is 1.82 bits per heavy atom. The van der Waals surface area contributed by atoms with Gasteiger partial charge in [0.25, 0.3) is 0 Å². The second-order valence-electron chi connectivity index (χ2n) is 6.37. The van der Waals surface area contributed by atoms with E-state index in [1.54, 1.807) is 13.3 Å². The molecule has 0 aliphatic carbocycles. The van der Waals surface area contributed by atoms with Crippen LogP contribution < -0.4 is 15.4 Å². The lowest BCUT2D eigenvalue weighted by Crippen LogP contribution is -2.37. The van der Waals surface area contributed by atoms with Crippen molar-refractivity contribution in [1.29, 1.82) is 0 Å². The second kappa shape index (κ2) is 10.2. The topological polar surface area (TPSA) is 63.5 Å². The standard InChI is InChI=1S/C22H27N5O/c1-3-23-22(24-15-18-9-11-21(28-2)12-10-18)25-16-19-7-4-5-8-20(19)17-27-14-6-13-26-27/h4-14H,3,15-17H2,1-2H3,(H2,23,24,25). The average molecular weight is 377 g/mol. The van der Waals surface area contributed by atoms with Gasteiger partial charge in [-0.25, -0.2) is 4.99 Å². The molecule has 1 heterocycles. The molecule has 3 aromatic rings. The summed E-state index contributed by atoms with van der Waals surface area (Å²) in [4.78, 5) is 4.70. The zero-order chi connectivity index (χ0) is 19.6. The highest BCUT2D eigenvalue weighted by atomic mass is 16.5. The molecule has 0 saturated carbocycles. The first-order valence-corrected chi connectivity index (χ1v) is 9.48. The van der Waals surface area contributed by atoms with E-state index < -0.39 is 0 Å². The number of aromatic nitrogens is 2. The molecule has 6 nitrogen and oxygen atoms in total. The van der Waals surface area contributed by atoms with Crippen LogP contribution >= 0.6 is 0 Å². The maximum Gasteiger partial charge on any atom is 0.191 e. The quantitative estimate of drug-likeness (QED) is 0.467. The largest absolute Gasteiger partial charge is 0.497 e. The third-order valence-corrected chi connectivity index (χ3v) is 4.38. The molecular formula is C22H27N5O. The summed E-state index contributed by atoms with van der Waals surface area (Å²) in [5, 5.41) is 11.0. The number of aliphatic imine (C=N–C) groups is 1. The Balaban J connectivity index is 1.64. The predicted octanol–water partition coefficient (Wildman–Crippen LogP) is 3.20. The van der Waals surface area contributed by atoms with Crippen LogP contribution in [-0.4, -0.2) is 29.4 Å². The van der Waals surface area contributed by atoms with Gasteiger partial charge in [0.2, 0.25) is 0 Å². The van der Waals surface area contributed by atoms with Crippen molar-refractivity contribution in [2.75, 3.05) is 13.7 Å². The molecule has 28 heavy (non-hydrogen) atoms. The van der Waals surface area contributed by atoms with Crippen molar-refractivity contribution >= 4 is 5.96 Å². The lowest BCUT2D eigenvalue weighted by molar-refractivity contribution is 0.414. The minimum Gasteiger partial charge on any atom is -0.497 e. The van der Waals surface area contributed by atoms with Crippen molar-refractivity contribution in [3.63, 3.8) is 0 Å². The monoisotopic (exact) mass is 377 g/mol. The molecule has 0 amide bonds. The molecule has 0 aliphatic rings. The minimum absolute atomic E-state index is 0.605. The number of hydrogen-bond acceptors (Lipinski definition) is 3. The van der Waals surface area contributed by atoms with Crippen molar-refractivity contribution < 1.29 is 4.74 Å². The molecule has 0 bridgehead atoms. The van der Waals surface area contributed by atoms with Gasteiger partial charge in [-0.05, 0) is 41.8 Å². The summed E-state index contributed by atoms with van der Waals surface area (Å²) in [6.45, 7) is 4.93. The van der Waals surface area contributed by atoms with Crippen LogP contribution in [0, 0.1) is 0 Å². The second-order valence-corrected chi connectivity index (χ2v) is 6.37. The maximum absolute atomic E-state index is 5.20. The highest BCUT2D eigenvalue weighted by molar-refractivity contribution is 5.79. The number of ether oxygens (including phenoxy) is 1. The molecule has 1 aromatic heterocycles. The van der Waals surface area contributed by atoms with Gasteiger partial charge in [-0.1, -0.05) is 36.4 Å². The number of benzene rings is 2. The molecule has 0 atom stereocenters. The van der Waals surface area contributed by atoms with Crippen molar-refractivity contribution in [2.45, 2.75) is 26.6 Å². The number of rotatable bonds is 8. The molecule has 2 aromatic carbocycles. The first-order valence-electron chi connectivity index (χ1n) is 9.48. The lowest BCUT2D eigenvalue weighted by Gasteiger charge is -2.14. The molecule has 0 fully saturated rings. The molecule has 2 N–H and O–H groups in total. The van der Waals surface area contributed by atoms with Gasteiger partial charge in [-0.15, -0.1) is 0 Å². The summed E-state index contributed by atoms with van der Waals surface area (Å²) in [6.07, 6.45) is 3.78. The van der Waals surface area contributed by atoms with Crippen molar-refractivity contribution in [3.05, 3.63) is 83.7 Å². The van der Waals surface area contributed by atoms with Gasteiger partial charge in [-0.3, -0.25) is 4.68 Å². The Hall–Kier alpha value is -3.28. The van der Waals surface area contributed by atoms with Crippen molar-refractivity contribution in [3.8, 4) is 5.75 Å². The molecule has 0 saturated heterocycles. The van der Waals surface area contributed by atoms with E-state index >= 15 is 0 Å². The van der Waals surface area contributed by atoms with Gasteiger partial charge < -0.3 is 15.4 Å². The van der Waals surface area contributed by atoms with E-state index in [-0.39, 0.29) is 0 Å². The number of hydrogen-bond donors (Lipinski definition) is 2. The first kappa shape index (κ1) is 19.5. The van der Waals surface area contributed by atoms with Gasteiger partial charge in [0.15, 0.2) is 5.96 Å². The normalized spacial score (nSPS) is 11.3. The summed E-state index contributed by atoms with van der Waals surface area (Å²) >= 11 is 0. The van der Waals surface area contributed by atoms with Crippen LogP contribution in [0.2, 0.25) is 0 Å². The van der Waals surface area contributed by atoms with Crippen LogP contribution in [0.4, 0.5) is 0 Å². The molecule has 6 heteroatoms. The van der Waals surface area contributed by atoms with Gasteiger partial charge in [0.05, 0.1) is 20.2 Å². The van der Waals surface area contributed by atoms with Crippen LogP contribution in [0.5, 0.6) is 5.75 Å². The van der Waals surface area contributed by atoms with Gasteiger partial charge in [0, 0.05) is 25.5 Å². The SMILES string of the molecule is CCNC(=NCc1ccc(OC)cc1)NCc1ccccc1Cn1cccn1. The molecule has 3 rings (SSSR count). The lowest BCUT2D eigenvalue weighted by atomic mass is 10.1. The van der Waals surface area contributed by atoms with E-state index in [4.69, 9.17) is 9.73 Å². The zero-order valence-corrected chi connectivity index (χ0v) is 16.4. The van der Waals surface area contributed by atoms with Crippen molar-refractivity contribution in [2.24, 2.45) is 4.99 Å². The number of methoxy groups -OCH3 is 1. The highest BCUT2D eigenvalue weighted by Crippen LogP contribution is 2.12. The van der Waals surface area contributed by atoms with Crippen LogP contribution in [0.15, 0.2) is 72.0 Å². The fourth-order valence-electron chi connectivity index (χ4n) is 2.87. The minimum atomic E-state index is 0.605. The molecule has 0 aliphatic heterocycles. The van der Waals surface area contributed by atoms with Crippen LogP contribution in [0.25, 0.3) is 0 Å². The van der Waals surface area contributed by atoms with Crippen LogP contribution in [0.1, 0.15) is 23.6 Å².